The lowest BCUT2D eigenvalue weighted by atomic mass is 10.1. The summed E-state index contributed by atoms with van der Waals surface area (Å²) in [5.41, 5.74) is 4.28. The quantitative estimate of drug-likeness (QED) is 0.580. The zero-order chi connectivity index (χ0) is 14.4. The molecule has 2 heterocycles. The van der Waals surface area contributed by atoms with Crippen molar-refractivity contribution < 1.29 is 0 Å². The summed E-state index contributed by atoms with van der Waals surface area (Å²) >= 11 is 0. The van der Waals surface area contributed by atoms with Crippen LogP contribution in [0.15, 0.2) is 59.4 Å². The van der Waals surface area contributed by atoms with Gasteiger partial charge < -0.3 is 0 Å². The van der Waals surface area contributed by atoms with E-state index >= 15 is 0 Å². The lowest BCUT2D eigenvalue weighted by Crippen LogP contribution is -2.15. The van der Waals surface area contributed by atoms with E-state index in [-0.39, 0.29) is 5.56 Å². The first kappa shape index (κ1) is 11.9. The standard InChI is InChI=1S/C17H13N3O/c1-11-15(12-7-3-2-4-8-12)19-20-16(11)18-14-10-6-5-9-13(14)17(20)21/h2-10,19H,1H3. The Bertz CT molecular complexity index is 1010. The second-order valence-corrected chi connectivity index (χ2v) is 5.07. The van der Waals surface area contributed by atoms with Gasteiger partial charge in [0.25, 0.3) is 5.56 Å². The Kier molecular flexibility index (Phi) is 2.44. The number of rotatable bonds is 1. The molecule has 0 spiro atoms. The molecule has 0 bridgehead atoms. The van der Waals surface area contributed by atoms with Gasteiger partial charge in [-0.05, 0) is 24.6 Å². The number of aromatic amines is 1. The lowest BCUT2D eigenvalue weighted by molar-refractivity contribution is 0.919. The predicted molar refractivity (Wildman–Crippen MR) is 83.5 cm³/mol. The van der Waals surface area contributed by atoms with Crippen LogP contribution in [0.1, 0.15) is 5.56 Å². The average Bonchev–Trinajstić information content (AvgIpc) is 2.86. The first-order chi connectivity index (χ1) is 10.3. The van der Waals surface area contributed by atoms with Crippen LogP contribution in [-0.4, -0.2) is 14.6 Å². The summed E-state index contributed by atoms with van der Waals surface area (Å²) in [7, 11) is 0. The number of aromatic nitrogens is 3. The Morgan fingerprint density at radius 3 is 2.52 bits per heavy atom. The molecule has 0 aliphatic heterocycles. The van der Waals surface area contributed by atoms with Crippen LogP contribution in [0.2, 0.25) is 0 Å². The van der Waals surface area contributed by atoms with E-state index in [1.807, 2.05) is 55.5 Å². The van der Waals surface area contributed by atoms with Crippen molar-refractivity contribution in [3.63, 3.8) is 0 Å². The van der Waals surface area contributed by atoms with Crippen molar-refractivity contribution in [3.05, 3.63) is 70.5 Å². The van der Waals surface area contributed by atoms with E-state index in [2.05, 4.69) is 10.1 Å². The van der Waals surface area contributed by atoms with Crippen LogP contribution in [0.5, 0.6) is 0 Å². The fraction of sp³-hybridized carbons (Fsp3) is 0.0588. The molecule has 0 amide bonds. The van der Waals surface area contributed by atoms with Gasteiger partial charge in [-0.15, -0.1) is 0 Å². The topological polar surface area (TPSA) is 50.2 Å². The monoisotopic (exact) mass is 275 g/mol. The molecule has 4 nitrogen and oxygen atoms in total. The number of hydrogen-bond donors (Lipinski definition) is 1. The maximum atomic E-state index is 12.6. The van der Waals surface area contributed by atoms with Crippen molar-refractivity contribution in [3.8, 4) is 11.3 Å². The molecular weight excluding hydrogens is 262 g/mol. The van der Waals surface area contributed by atoms with E-state index < -0.39 is 0 Å². The Labute approximate surface area is 120 Å². The molecule has 2 aromatic heterocycles. The highest BCUT2D eigenvalue weighted by Crippen LogP contribution is 2.24. The molecular formula is C17H13N3O. The van der Waals surface area contributed by atoms with Gasteiger partial charge in [0.15, 0.2) is 5.65 Å². The van der Waals surface area contributed by atoms with Crippen molar-refractivity contribution in [2.45, 2.75) is 6.92 Å². The molecule has 0 fully saturated rings. The summed E-state index contributed by atoms with van der Waals surface area (Å²) in [4.78, 5) is 17.2. The number of para-hydroxylation sites is 1. The number of hydrogen-bond acceptors (Lipinski definition) is 2. The number of benzene rings is 2. The normalized spacial score (nSPS) is 11.3. The zero-order valence-corrected chi connectivity index (χ0v) is 11.5. The van der Waals surface area contributed by atoms with Gasteiger partial charge in [-0.1, -0.05) is 42.5 Å². The second-order valence-electron chi connectivity index (χ2n) is 5.07. The third-order valence-corrected chi connectivity index (χ3v) is 3.77. The smallest absolute Gasteiger partial charge is 0.280 e. The molecule has 21 heavy (non-hydrogen) atoms. The molecule has 1 N–H and O–H groups in total. The van der Waals surface area contributed by atoms with E-state index in [1.165, 1.54) is 4.52 Å². The summed E-state index contributed by atoms with van der Waals surface area (Å²) in [6, 6.07) is 17.4. The summed E-state index contributed by atoms with van der Waals surface area (Å²) in [6.07, 6.45) is 0. The second kappa shape index (κ2) is 4.31. The van der Waals surface area contributed by atoms with Crippen LogP contribution in [0.4, 0.5) is 0 Å². The van der Waals surface area contributed by atoms with E-state index in [0.717, 1.165) is 22.3 Å². The largest absolute Gasteiger partial charge is 0.289 e. The number of nitrogens with one attached hydrogen (secondary N) is 1. The first-order valence-corrected chi connectivity index (χ1v) is 6.81. The fourth-order valence-corrected chi connectivity index (χ4v) is 2.68. The predicted octanol–water partition coefficient (Wildman–Crippen LogP) is 3.15. The minimum Gasteiger partial charge on any atom is -0.289 e. The van der Waals surface area contributed by atoms with Crippen LogP contribution >= 0.6 is 0 Å². The third-order valence-electron chi connectivity index (χ3n) is 3.77. The summed E-state index contributed by atoms with van der Waals surface area (Å²) in [5.74, 6) is 0. The molecule has 0 atom stereocenters. The Morgan fingerprint density at radius 2 is 1.71 bits per heavy atom. The summed E-state index contributed by atoms with van der Waals surface area (Å²) in [6.45, 7) is 1.98. The fourth-order valence-electron chi connectivity index (χ4n) is 2.68. The van der Waals surface area contributed by atoms with Crippen molar-refractivity contribution >= 4 is 16.6 Å². The maximum absolute atomic E-state index is 12.6. The molecule has 102 valence electrons. The number of fused-ring (bicyclic) bond motifs is 2. The van der Waals surface area contributed by atoms with E-state index in [9.17, 15) is 4.79 Å². The molecule has 0 aliphatic rings. The van der Waals surface area contributed by atoms with Crippen molar-refractivity contribution in [1.29, 1.82) is 0 Å². The van der Waals surface area contributed by atoms with Gasteiger partial charge in [-0.2, -0.15) is 0 Å². The van der Waals surface area contributed by atoms with Crippen LogP contribution in [0.25, 0.3) is 27.8 Å². The van der Waals surface area contributed by atoms with Gasteiger partial charge in [0, 0.05) is 5.56 Å². The number of H-pyrrole nitrogens is 1. The average molecular weight is 275 g/mol. The van der Waals surface area contributed by atoms with Gasteiger partial charge in [-0.3, -0.25) is 9.89 Å². The van der Waals surface area contributed by atoms with Gasteiger partial charge in [-0.25, -0.2) is 9.50 Å². The van der Waals surface area contributed by atoms with Crippen LogP contribution < -0.4 is 5.56 Å². The Morgan fingerprint density at radius 1 is 1.00 bits per heavy atom. The highest BCUT2D eigenvalue weighted by atomic mass is 16.1. The van der Waals surface area contributed by atoms with E-state index in [4.69, 9.17) is 0 Å². The van der Waals surface area contributed by atoms with E-state index in [1.54, 1.807) is 6.07 Å². The lowest BCUT2D eigenvalue weighted by Gasteiger charge is -1.98. The van der Waals surface area contributed by atoms with Crippen molar-refractivity contribution in [2.75, 3.05) is 0 Å². The highest BCUT2D eigenvalue weighted by molar-refractivity contribution is 5.81. The van der Waals surface area contributed by atoms with Crippen LogP contribution in [0.3, 0.4) is 0 Å². The molecule has 2 aromatic carbocycles. The molecule has 0 radical (unpaired) electrons. The minimum atomic E-state index is -0.0686. The molecule has 4 rings (SSSR count). The molecule has 0 aliphatic carbocycles. The van der Waals surface area contributed by atoms with Crippen LogP contribution in [-0.2, 0) is 0 Å². The molecule has 0 unspecified atom stereocenters. The first-order valence-electron chi connectivity index (χ1n) is 6.81. The molecule has 4 aromatic rings. The minimum absolute atomic E-state index is 0.0686. The molecule has 0 saturated carbocycles. The van der Waals surface area contributed by atoms with Gasteiger partial charge in [0.1, 0.15) is 0 Å². The Balaban J connectivity index is 2.14. The highest BCUT2D eigenvalue weighted by Gasteiger charge is 2.13. The van der Waals surface area contributed by atoms with Crippen molar-refractivity contribution in [1.82, 2.24) is 14.6 Å². The van der Waals surface area contributed by atoms with Gasteiger partial charge in [0.2, 0.25) is 0 Å². The summed E-state index contributed by atoms with van der Waals surface area (Å²) in [5, 5.41) is 3.80. The van der Waals surface area contributed by atoms with E-state index in [0.29, 0.717) is 11.0 Å². The number of nitrogens with zero attached hydrogens (tertiary/aromatic N) is 2. The van der Waals surface area contributed by atoms with Gasteiger partial charge in [0.05, 0.1) is 16.6 Å². The molecule has 0 saturated heterocycles. The SMILES string of the molecule is Cc1c(-c2ccccc2)[nH]n2c(=O)c3ccccc3nc12. The maximum Gasteiger partial charge on any atom is 0.280 e. The Hall–Kier alpha value is -2.88. The third kappa shape index (κ3) is 1.69. The zero-order valence-electron chi connectivity index (χ0n) is 11.5. The molecule has 4 heteroatoms. The van der Waals surface area contributed by atoms with Gasteiger partial charge >= 0.3 is 0 Å². The van der Waals surface area contributed by atoms with Crippen LogP contribution in [0, 0.1) is 6.92 Å². The number of aryl methyl sites for hydroxylation is 1. The summed E-state index contributed by atoms with van der Waals surface area (Å²) < 4.78 is 1.53. The van der Waals surface area contributed by atoms with Crippen molar-refractivity contribution in [2.24, 2.45) is 0 Å².